The van der Waals surface area contributed by atoms with E-state index in [1.54, 1.807) is 18.2 Å². The minimum absolute atomic E-state index is 0.0750. The van der Waals surface area contributed by atoms with Gasteiger partial charge in [0.2, 0.25) is 0 Å². The molecule has 130 valence electrons. The summed E-state index contributed by atoms with van der Waals surface area (Å²) >= 11 is 5.94. The van der Waals surface area contributed by atoms with E-state index in [0.717, 1.165) is 25.9 Å². The van der Waals surface area contributed by atoms with Crippen LogP contribution in [0.1, 0.15) is 45.3 Å². The third kappa shape index (κ3) is 4.66. The lowest BCUT2D eigenvalue weighted by Crippen LogP contribution is -2.48. The van der Waals surface area contributed by atoms with E-state index in [1.165, 1.54) is 0 Å². The van der Waals surface area contributed by atoms with Crippen molar-refractivity contribution in [2.45, 2.75) is 45.3 Å². The Balaban J connectivity index is 2.25. The van der Waals surface area contributed by atoms with Crippen LogP contribution >= 0.6 is 11.6 Å². The van der Waals surface area contributed by atoms with Gasteiger partial charge in [0.05, 0.1) is 24.3 Å². The van der Waals surface area contributed by atoms with Crippen molar-refractivity contribution in [2.75, 3.05) is 26.3 Å². The van der Waals surface area contributed by atoms with Gasteiger partial charge in [-0.1, -0.05) is 23.7 Å². The van der Waals surface area contributed by atoms with Crippen LogP contribution in [0.4, 0.5) is 4.39 Å². The lowest BCUT2D eigenvalue weighted by molar-refractivity contribution is -0.0427. The third-order valence-electron chi connectivity index (χ3n) is 4.51. The van der Waals surface area contributed by atoms with E-state index in [2.05, 4.69) is 25.7 Å². The summed E-state index contributed by atoms with van der Waals surface area (Å²) in [5.74, 6) is -0.229. The molecule has 1 aliphatic rings. The van der Waals surface area contributed by atoms with Gasteiger partial charge in [0.15, 0.2) is 0 Å². The van der Waals surface area contributed by atoms with Gasteiger partial charge in [-0.05, 0) is 46.2 Å². The first-order valence-corrected chi connectivity index (χ1v) is 8.64. The predicted octanol–water partition coefficient (Wildman–Crippen LogP) is 4.04. The van der Waals surface area contributed by atoms with Crippen molar-refractivity contribution in [3.05, 3.63) is 34.6 Å². The monoisotopic (exact) mass is 343 g/mol. The summed E-state index contributed by atoms with van der Waals surface area (Å²) in [6, 6.07) is 5.03. The van der Waals surface area contributed by atoms with Crippen molar-refractivity contribution in [2.24, 2.45) is 5.92 Å². The number of aliphatic hydroxyl groups is 1. The number of aliphatic hydroxyl groups excluding tert-OH is 1. The maximum absolute atomic E-state index is 14.5. The number of likely N-dealkylation sites (tertiary alicyclic amines) is 1. The Bertz CT molecular complexity index is 518. The summed E-state index contributed by atoms with van der Waals surface area (Å²) in [6.45, 7) is 8.60. The molecule has 1 aliphatic heterocycles. The van der Waals surface area contributed by atoms with Gasteiger partial charge in [-0.25, -0.2) is 4.39 Å². The molecule has 1 aromatic rings. The molecule has 23 heavy (non-hydrogen) atoms. The van der Waals surface area contributed by atoms with Crippen molar-refractivity contribution < 1.29 is 14.2 Å². The Labute approximate surface area is 143 Å². The van der Waals surface area contributed by atoms with Gasteiger partial charge in [0.25, 0.3) is 0 Å². The second kappa shape index (κ2) is 7.93. The van der Waals surface area contributed by atoms with Gasteiger partial charge in [0.1, 0.15) is 5.82 Å². The summed E-state index contributed by atoms with van der Waals surface area (Å²) < 4.78 is 20.3. The molecule has 1 saturated heterocycles. The molecule has 1 N–H and O–H groups in total. The molecule has 0 aliphatic carbocycles. The minimum Gasteiger partial charge on any atom is -0.394 e. The van der Waals surface area contributed by atoms with E-state index >= 15 is 0 Å². The molecule has 0 aromatic heterocycles. The molecule has 0 saturated carbocycles. The molecule has 5 heteroatoms. The number of hydrogen-bond acceptors (Lipinski definition) is 3. The molecule has 2 atom stereocenters. The number of piperidine rings is 1. The maximum Gasteiger partial charge on any atom is 0.147 e. The van der Waals surface area contributed by atoms with Crippen molar-refractivity contribution >= 4 is 11.6 Å². The van der Waals surface area contributed by atoms with Gasteiger partial charge in [-0.15, -0.1) is 0 Å². The summed E-state index contributed by atoms with van der Waals surface area (Å²) in [7, 11) is 0. The molecule has 2 rings (SSSR count). The maximum atomic E-state index is 14.5. The summed E-state index contributed by atoms with van der Waals surface area (Å²) in [5.41, 5.74) is 0.569. The van der Waals surface area contributed by atoms with Crippen LogP contribution in [-0.2, 0) is 4.74 Å². The topological polar surface area (TPSA) is 32.7 Å². The van der Waals surface area contributed by atoms with Gasteiger partial charge < -0.3 is 9.84 Å². The largest absolute Gasteiger partial charge is 0.394 e. The number of rotatable bonds is 5. The van der Waals surface area contributed by atoms with E-state index < -0.39 is 5.82 Å². The van der Waals surface area contributed by atoms with E-state index in [4.69, 9.17) is 21.4 Å². The second-order valence-corrected chi connectivity index (χ2v) is 7.58. The molecule has 3 nitrogen and oxygen atoms in total. The van der Waals surface area contributed by atoms with Gasteiger partial charge in [0, 0.05) is 23.6 Å². The Kier molecular flexibility index (Phi) is 6.43. The third-order valence-corrected chi connectivity index (χ3v) is 4.80. The Morgan fingerprint density at radius 1 is 1.43 bits per heavy atom. The zero-order chi connectivity index (χ0) is 17.0. The average molecular weight is 344 g/mol. The fraction of sp³-hybridized carbons (Fsp3) is 0.667. The first-order chi connectivity index (χ1) is 10.8. The highest BCUT2D eigenvalue weighted by Gasteiger charge is 2.34. The van der Waals surface area contributed by atoms with Crippen LogP contribution < -0.4 is 0 Å². The van der Waals surface area contributed by atoms with E-state index in [9.17, 15) is 4.39 Å². The fourth-order valence-electron chi connectivity index (χ4n) is 3.27. The van der Waals surface area contributed by atoms with Crippen LogP contribution in [0.15, 0.2) is 18.2 Å². The van der Waals surface area contributed by atoms with E-state index in [1.807, 2.05) is 0 Å². The highest BCUT2D eigenvalue weighted by Crippen LogP contribution is 2.37. The zero-order valence-electron chi connectivity index (χ0n) is 14.2. The first kappa shape index (κ1) is 18.7. The van der Waals surface area contributed by atoms with Crippen LogP contribution in [0, 0.1) is 11.7 Å². The predicted molar refractivity (Wildman–Crippen MR) is 91.2 cm³/mol. The van der Waals surface area contributed by atoms with Crippen LogP contribution in [0.2, 0.25) is 5.02 Å². The second-order valence-electron chi connectivity index (χ2n) is 7.18. The smallest absolute Gasteiger partial charge is 0.147 e. The van der Waals surface area contributed by atoms with E-state index in [-0.39, 0.29) is 35.8 Å². The van der Waals surface area contributed by atoms with Crippen LogP contribution in [0.3, 0.4) is 0 Å². The Morgan fingerprint density at radius 3 is 2.83 bits per heavy atom. The zero-order valence-corrected chi connectivity index (χ0v) is 14.9. The summed E-state index contributed by atoms with van der Waals surface area (Å²) in [5, 5.41) is 9.22. The van der Waals surface area contributed by atoms with Crippen molar-refractivity contribution in [3.8, 4) is 0 Å². The Morgan fingerprint density at radius 2 is 2.17 bits per heavy atom. The lowest BCUT2D eigenvalue weighted by Gasteiger charge is -2.43. The Hall–Kier alpha value is -0.680. The molecule has 1 fully saturated rings. The molecule has 1 unspecified atom stereocenters. The van der Waals surface area contributed by atoms with Gasteiger partial charge in [-0.2, -0.15) is 0 Å². The number of halogens is 2. The molecular formula is C18H27ClFNO2. The van der Waals surface area contributed by atoms with Crippen LogP contribution in [-0.4, -0.2) is 41.8 Å². The lowest BCUT2D eigenvalue weighted by atomic mass is 9.86. The molecule has 0 amide bonds. The number of nitrogens with zero attached hydrogens (tertiary/aromatic N) is 1. The number of benzene rings is 1. The van der Waals surface area contributed by atoms with E-state index in [0.29, 0.717) is 5.56 Å². The van der Waals surface area contributed by atoms with Gasteiger partial charge >= 0.3 is 0 Å². The highest BCUT2D eigenvalue weighted by molar-refractivity contribution is 6.30. The van der Waals surface area contributed by atoms with Crippen LogP contribution in [0.5, 0.6) is 0 Å². The fourth-order valence-corrected chi connectivity index (χ4v) is 3.45. The normalized spacial score (nSPS) is 21.4. The minimum atomic E-state index is -0.412. The number of hydrogen-bond donors (Lipinski definition) is 1. The van der Waals surface area contributed by atoms with Crippen molar-refractivity contribution in [1.82, 2.24) is 4.90 Å². The molecule has 0 radical (unpaired) electrons. The number of ether oxygens (including phenoxy) is 1. The highest BCUT2D eigenvalue weighted by atomic mass is 35.5. The quantitative estimate of drug-likeness (QED) is 0.875. The molecular weight excluding hydrogens is 317 g/mol. The van der Waals surface area contributed by atoms with Crippen molar-refractivity contribution in [1.29, 1.82) is 0 Å². The van der Waals surface area contributed by atoms with Gasteiger partial charge in [-0.3, -0.25) is 4.90 Å². The SMILES string of the molecule is CC(C)(C)N1CCCC([C@@H](OCCO)c2cccc(Cl)c2F)C1. The summed E-state index contributed by atoms with van der Waals surface area (Å²) in [6.07, 6.45) is 1.66. The first-order valence-electron chi connectivity index (χ1n) is 8.26. The van der Waals surface area contributed by atoms with Crippen molar-refractivity contribution in [3.63, 3.8) is 0 Å². The molecule has 0 bridgehead atoms. The average Bonchev–Trinajstić information content (AvgIpc) is 2.51. The standard InChI is InChI=1S/C18H27ClFNO2/c1-18(2,3)21-9-5-6-13(12-21)17(23-11-10-22)14-7-4-8-15(19)16(14)20/h4,7-8,13,17,22H,5-6,9-12H2,1-3H3/t13?,17-/m1/s1. The molecule has 1 aromatic carbocycles. The molecule has 1 heterocycles. The van der Waals surface area contributed by atoms with Crippen LogP contribution in [0.25, 0.3) is 0 Å². The summed E-state index contributed by atoms with van der Waals surface area (Å²) in [4.78, 5) is 2.42. The molecule has 0 spiro atoms.